The van der Waals surface area contributed by atoms with Crippen LogP contribution in [-0.4, -0.2) is 28.2 Å². The Balaban J connectivity index is 2.02. The number of quaternary nitrogens is 1. The Labute approximate surface area is 125 Å². The summed E-state index contributed by atoms with van der Waals surface area (Å²) in [4.78, 5) is 20.4. The Morgan fingerprint density at radius 3 is 2.86 bits per heavy atom. The second-order valence-electron chi connectivity index (χ2n) is 4.71. The zero-order valence-electron chi connectivity index (χ0n) is 11.4. The molecule has 0 unspecified atom stereocenters. The first kappa shape index (κ1) is 13.9. The molecule has 0 aliphatic carbocycles. The summed E-state index contributed by atoms with van der Waals surface area (Å²) in [5, 5.41) is 13.3. The van der Waals surface area contributed by atoms with Gasteiger partial charge in [0.15, 0.2) is 5.82 Å². The van der Waals surface area contributed by atoms with Crippen molar-refractivity contribution in [3.05, 3.63) is 51.9 Å². The molecule has 21 heavy (non-hydrogen) atoms. The third-order valence-electron chi connectivity index (χ3n) is 3.25. The van der Waals surface area contributed by atoms with E-state index in [0.717, 1.165) is 16.0 Å². The van der Waals surface area contributed by atoms with E-state index in [2.05, 4.69) is 9.97 Å². The third-order valence-corrected chi connectivity index (χ3v) is 4.12. The van der Waals surface area contributed by atoms with E-state index in [1.807, 2.05) is 41.0 Å². The molecule has 2 aromatic heterocycles. The molecular formula is C15H16N3O2S+. The van der Waals surface area contributed by atoms with Gasteiger partial charge in [0.25, 0.3) is 5.56 Å². The van der Waals surface area contributed by atoms with Gasteiger partial charge in [-0.05, 0) is 5.56 Å². The van der Waals surface area contributed by atoms with Gasteiger partial charge in [0.1, 0.15) is 11.4 Å². The monoisotopic (exact) mass is 302 g/mol. The maximum Gasteiger partial charge on any atom is 0.260 e. The van der Waals surface area contributed by atoms with Gasteiger partial charge >= 0.3 is 0 Å². The number of hydrogen-bond donors (Lipinski definition) is 3. The highest BCUT2D eigenvalue weighted by Crippen LogP contribution is 2.30. The lowest BCUT2D eigenvalue weighted by Gasteiger charge is -2.01. The summed E-state index contributed by atoms with van der Waals surface area (Å²) in [5.74, 6) is 0.641. The van der Waals surface area contributed by atoms with E-state index in [0.29, 0.717) is 24.3 Å². The molecule has 0 radical (unpaired) electrons. The van der Waals surface area contributed by atoms with Crippen molar-refractivity contribution in [2.24, 2.45) is 0 Å². The van der Waals surface area contributed by atoms with Gasteiger partial charge in [-0.25, -0.2) is 4.98 Å². The van der Waals surface area contributed by atoms with Crippen LogP contribution >= 0.6 is 11.3 Å². The summed E-state index contributed by atoms with van der Waals surface area (Å²) in [6, 6.07) is 9.85. The lowest BCUT2D eigenvalue weighted by molar-refractivity contribution is -0.672. The van der Waals surface area contributed by atoms with Crippen LogP contribution in [0.1, 0.15) is 5.82 Å². The molecule has 0 saturated carbocycles. The fourth-order valence-corrected chi connectivity index (χ4v) is 3.22. The average Bonchev–Trinajstić information content (AvgIpc) is 2.93. The number of hydrogen-bond acceptors (Lipinski definition) is 4. The van der Waals surface area contributed by atoms with E-state index in [9.17, 15) is 4.79 Å². The van der Waals surface area contributed by atoms with Crippen molar-refractivity contribution >= 4 is 21.6 Å². The summed E-state index contributed by atoms with van der Waals surface area (Å²) < 4.78 is 0. The van der Waals surface area contributed by atoms with Crippen LogP contribution in [0.4, 0.5) is 0 Å². The number of aromatic amines is 1. The summed E-state index contributed by atoms with van der Waals surface area (Å²) in [7, 11) is 0. The number of thiophene rings is 1. The number of aliphatic hydroxyl groups excluding tert-OH is 1. The topological polar surface area (TPSA) is 82.6 Å². The molecule has 0 atom stereocenters. The van der Waals surface area contributed by atoms with Gasteiger partial charge in [0.2, 0.25) is 0 Å². The van der Waals surface area contributed by atoms with Gasteiger partial charge in [-0.3, -0.25) is 4.79 Å². The first-order valence-corrected chi connectivity index (χ1v) is 7.66. The fraction of sp³-hybridized carbons (Fsp3) is 0.200. The maximum atomic E-state index is 12.3. The maximum absolute atomic E-state index is 12.3. The number of aliphatic hydroxyl groups is 1. The highest BCUT2D eigenvalue weighted by molar-refractivity contribution is 7.17. The Bertz CT molecular complexity index is 796. The van der Waals surface area contributed by atoms with Gasteiger partial charge in [0.05, 0.1) is 18.5 Å². The minimum atomic E-state index is -0.104. The molecule has 0 amide bonds. The molecule has 0 bridgehead atoms. The normalized spacial score (nSPS) is 11.1. The van der Waals surface area contributed by atoms with Gasteiger partial charge in [-0.1, -0.05) is 30.3 Å². The number of fused-ring (bicyclic) bond motifs is 1. The summed E-state index contributed by atoms with van der Waals surface area (Å²) in [6.07, 6.45) is 0. The summed E-state index contributed by atoms with van der Waals surface area (Å²) >= 11 is 1.48. The summed E-state index contributed by atoms with van der Waals surface area (Å²) in [6.45, 7) is 1.27. The van der Waals surface area contributed by atoms with Crippen molar-refractivity contribution in [3.63, 3.8) is 0 Å². The van der Waals surface area contributed by atoms with Gasteiger partial charge in [-0.2, -0.15) is 0 Å². The number of nitrogens with one attached hydrogen (secondary N) is 1. The second-order valence-corrected chi connectivity index (χ2v) is 5.57. The van der Waals surface area contributed by atoms with E-state index < -0.39 is 0 Å². The van der Waals surface area contributed by atoms with Crippen molar-refractivity contribution in [2.45, 2.75) is 6.54 Å². The zero-order chi connectivity index (χ0) is 14.7. The van der Waals surface area contributed by atoms with E-state index in [1.165, 1.54) is 11.3 Å². The van der Waals surface area contributed by atoms with Crippen LogP contribution in [0.3, 0.4) is 0 Å². The smallest absolute Gasteiger partial charge is 0.260 e. The number of nitrogens with two attached hydrogens (primary N) is 1. The molecule has 0 fully saturated rings. The van der Waals surface area contributed by atoms with Gasteiger partial charge < -0.3 is 15.4 Å². The molecule has 0 aliphatic heterocycles. The minimum absolute atomic E-state index is 0.104. The predicted octanol–water partition coefficient (Wildman–Crippen LogP) is 0.707. The van der Waals surface area contributed by atoms with Crippen molar-refractivity contribution in [2.75, 3.05) is 13.2 Å². The fourth-order valence-electron chi connectivity index (χ4n) is 2.25. The molecule has 6 heteroatoms. The lowest BCUT2D eigenvalue weighted by Crippen LogP contribution is -2.83. The van der Waals surface area contributed by atoms with E-state index in [1.54, 1.807) is 0 Å². The largest absolute Gasteiger partial charge is 0.391 e. The van der Waals surface area contributed by atoms with Crippen LogP contribution in [0, 0.1) is 0 Å². The number of rotatable bonds is 5. The number of benzene rings is 1. The van der Waals surface area contributed by atoms with Crippen LogP contribution in [-0.2, 0) is 6.54 Å². The Kier molecular flexibility index (Phi) is 4.10. The molecule has 0 spiro atoms. The first-order valence-electron chi connectivity index (χ1n) is 6.78. The highest BCUT2D eigenvalue weighted by Gasteiger charge is 2.13. The van der Waals surface area contributed by atoms with Crippen molar-refractivity contribution in [1.29, 1.82) is 0 Å². The molecule has 0 saturated heterocycles. The van der Waals surface area contributed by atoms with Crippen LogP contribution < -0.4 is 10.9 Å². The third kappa shape index (κ3) is 2.87. The Hall–Kier alpha value is -2.02. The Morgan fingerprint density at radius 2 is 2.10 bits per heavy atom. The molecule has 5 nitrogen and oxygen atoms in total. The van der Waals surface area contributed by atoms with Crippen molar-refractivity contribution < 1.29 is 10.4 Å². The second kappa shape index (κ2) is 6.17. The van der Waals surface area contributed by atoms with Crippen LogP contribution in [0.2, 0.25) is 0 Å². The SMILES string of the molecule is O=c1[nH]c(C[NH2+]CCO)nc2scc(-c3ccccc3)c12. The van der Waals surface area contributed by atoms with Crippen molar-refractivity contribution in [3.8, 4) is 11.1 Å². The minimum Gasteiger partial charge on any atom is -0.391 e. The number of aromatic nitrogens is 2. The van der Waals surface area contributed by atoms with Crippen LogP contribution in [0.15, 0.2) is 40.5 Å². The van der Waals surface area contributed by atoms with E-state index in [-0.39, 0.29) is 12.2 Å². The van der Waals surface area contributed by atoms with E-state index >= 15 is 0 Å². The first-order chi connectivity index (χ1) is 10.3. The van der Waals surface area contributed by atoms with Crippen molar-refractivity contribution in [1.82, 2.24) is 9.97 Å². The summed E-state index contributed by atoms with van der Waals surface area (Å²) in [5.41, 5.74) is 1.85. The standard InChI is InChI=1S/C15H15N3O2S/c19-7-6-16-8-12-17-14(20)13-11(9-21-15(13)18-12)10-4-2-1-3-5-10/h1-5,9,16,19H,6-8H2,(H,17,18,20)/p+1. The van der Waals surface area contributed by atoms with Crippen LogP contribution in [0.5, 0.6) is 0 Å². The van der Waals surface area contributed by atoms with Gasteiger partial charge in [0, 0.05) is 10.9 Å². The quantitative estimate of drug-likeness (QED) is 0.607. The average molecular weight is 302 g/mol. The number of H-pyrrole nitrogens is 1. The molecular weight excluding hydrogens is 286 g/mol. The van der Waals surface area contributed by atoms with Crippen LogP contribution in [0.25, 0.3) is 21.3 Å². The Morgan fingerprint density at radius 1 is 1.29 bits per heavy atom. The molecule has 3 rings (SSSR count). The zero-order valence-corrected chi connectivity index (χ0v) is 12.2. The predicted molar refractivity (Wildman–Crippen MR) is 83.3 cm³/mol. The molecule has 2 heterocycles. The van der Waals surface area contributed by atoms with E-state index in [4.69, 9.17) is 5.11 Å². The number of nitrogens with zero attached hydrogens (tertiary/aromatic N) is 1. The molecule has 4 N–H and O–H groups in total. The van der Waals surface area contributed by atoms with Gasteiger partial charge in [-0.15, -0.1) is 11.3 Å². The molecule has 1 aromatic carbocycles. The molecule has 3 aromatic rings. The lowest BCUT2D eigenvalue weighted by atomic mass is 10.1. The molecule has 108 valence electrons. The molecule has 0 aliphatic rings. The highest BCUT2D eigenvalue weighted by atomic mass is 32.1.